The molecule has 2 atom stereocenters. The van der Waals surface area contributed by atoms with Gasteiger partial charge in [-0.05, 0) is 50.8 Å². The maximum atomic E-state index is 13.3. The third-order valence-electron chi connectivity index (χ3n) is 6.23. The minimum atomic E-state index is -4.54. The second-order valence-electron chi connectivity index (χ2n) is 10.6. The minimum Gasteiger partial charge on any atom is -0.456 e. The van der Waals surface area contributed by atoms with Crippen LogP contribution in [0.3, 0.4) is 0 Å². The summed E-state index contributed by atoms with van der Waals surface area (Å²) in [6, 6.07) is 7.92. The van der Waals surface area contributed by atoms with Gasteiger partial charge < -0.3 is 19.7 Å². The summed E-state index contributed by atoms with van der Waals surface area (Å²) in [6.45, 7) is 3.58. The first-order valence-corrected chi connectivity index (χ1v) is 13.7. The minimum absolute atomic E-state index is 0.0276. The van der Waals surface area contributed by atoms with Gasteiger partial charge in [0.25, 0.3) is 5.91 Å². The fourth-order valence-electron chi connectivity index (χ4n) is 4.55. The van der Waals surface area contributed by atoms with Crippen molar-refractivity contribution >= 4 is 35.6 Å². The number of benzene rings is 1. The Morgan fingerprint density at radius 3 is 2.50 bits per heavy atom. The monoisotopic (exact) mass is 581 g/mol. The quantitative estimate of drug-likeness (QED) is 0.309. The molecule has 13 heteroatoms. The van der Waals surface area contributed by atoms with Crippen LogP contribution in [0.25, 0.3) is 0 Å². The van der Waals surface area contributed by atoms with Crippen LogP contribution in [0, 0.1) is 0 Å². The van der Waals surface area contributed by atoms with Gasteiger partial charge in [0.15, 0.2) is 0 Å². The number of piperidine rings is 1. The number of fused-ring (bicyclic) bond motifs is 1. The van der Waals surface area contributed by atoms with E-state index in [9.17, 15) is 32.3 Å². The Bertz CT molecular complexity index is 1240. The standard InChI is InChI=1S/C27H30F3N3O6S/c1-26(2,3)39-25(37)31-19-22(35)33-20(24(36)38-13-16-8-5-4-6-9-16)18(14-40-23(19)33)12-17-10-7-11-32(21(17)34)15-27(28,29)30/h4-6,8-9,12,19,23H,7,10-11,13-15H2,1-3H3,(H,31,37)/b17-12+/t19-,23-/m1/s1. The molecule has 2 saturated heterocycles. The smallest absolute Gasteiger partial charge is 0.408 e. The van der Waals surface area contributed by atoms with Crippen molar-refractivity contribution in [3.05, 3.63) is 58.8 Å². The number of likely N-dealkylation sites (tertiary alicyclic amines) is 1. The number of β-lactam (4-membered cyclic amide) rings is 1. The molecule has 1 aromatic rings. The Hall–Kier alpha value is -3.48. The van der Waals surface area contributed by atoms with Gasteiger partial charge in [0.2, 0.25) is 5.91 Å². The van der Waals surface area contributed by atoms with Gasteiger partial charge in [0, 0.05) is 17.9 Å². The predicted octanol–water partition coefficient (Wildman–Crippen LogP) is 3.90. The molecule has 216 valence electrons. The number of amides is 3. The third kappa shape index (κ3) is 6.98. The summed E-state index contributed by atoms with van der Waals surface area (Å²) in [4.78, 5) is 53.6. The highest BCUT2D eigenvalue weighted by atomic mass is 32.2. The van der Waals surface area contributed by atoms with Crippen molar-refractivity contribution in [1.82, 2.24) is 15.1 Å². The molecule has 3 heterocycles. The van der Waals surface area contributed by atoms with Crippen molar-refractivity contribution in [3.63, 3.8) is 0 Å². The fraction of sp³-hybridized carbons (Fsp3) is 0.481. The number of hydrogen-bond acceptors (Lipinski definition) is 7. The molecule has 0 bridgehead atoms. The lowest BCUT2D eigenvalue weighted by Crippen LogP contribution is -2.70. The second kappa shape index (κ2) is 11.6. The molecule has 0 radical (unpaired) electrons. The maximum Gasteiger partial charge on any atom is 0.408 e. The number of rotatable bonds is 6. The van der Waals surface area contributed by atoms with E-state index < -0.39 is 53.6 Å². The number of halogens is 3. The number of carbonyl (C=O) groups is 4. The molecule has 1 N–H and O–H groups in total. The van der Waals surface area contributed by atoms with Crippen LogP contribution < -0.4 is 5.32 Å². The number of alkyl halides is 3. The zero-order valence-corrected chi connectivity index (χ0v) is 23.1. The van der Waals surface area contributed by atoms with Crippen LogP contribution in [0.1, 0.15) is 39.2 Å². The lowest BCUT2D eigenvalue weighted by molar-refractivity contribution is -0.160. The zero-order chi connectivity index (χ0) is 29.2. The average Bonchev–Trinajstić information content (AvgIpc) is 2.86. The van der Waals surface area contributed by atoms with Gasteiger partial charge in [-0.2, -0.15) is 13.2 Å². The van der Waals surface area contributed by atoms with Crippen molar-refractivity contribution in [2.45, 2.75) is 63.4 Å². The molecule has 3 amide bonds. The van der Waals surface area contributed by atoms with Gasteiger partial charge in [-0.15, -0.1) is 11.8 Å². The first kappa shape index (κ1) is 29.5. The molecule has 3 aliphatic rings. The summed E-state index contributed by atoms with van der Waals surface area (Å²) in [5.74, 6) is -1.99. The molecule has 2 fully saturated rings. The molecule has 3 aliphatic heterocycles. The second-order valence-corrected chi connectivity index (χ2v) is 11.7. The van der Waals surface area contributed by atoms with Crippen LogP contribution in [0.2, 0.25) is 0 Å². The van der Waals surface area contributed by atoms with E-state index in [-0.39, 0.29) is 36.6 Å². The van der Waals surface area contributed by atoms with Crippen LogP contribution in [-0.4, -0.2) is 75.7 Å². The normalized spacial score (nSPS) is 22.6. The number of nitrogens with one attached hydrogen (secondary N) is 1. The summed E-state index contributed by atoms with van der Waals surface area (Å²) in [7, 11) is 0. The third-order valence-corrected chi connectivity index (χ3v) is 7.53. The van der Waals surface area contributed by atoms with E-state index in [0.717, 1.165) is 4.90 Å². The SMILES string of the molecule is CC(C)(C)OC(=O)N[C@@H]1C(=O)N2C(C(=O)OCc3ccccc3)=C(/C=C3\CCCN(CC(F)(F)F)C3=O)CS[C@H]12. The predicted molar refractivity (Wildman–Crippen MR) is 139 cm³/mol. The fourth-order valence-corrected chi connectivity index (χ4v) is 5.86. The number of nitrogens with zero attached hydrogens (tertiary/aromatic N) is 2. The van der Waals surface area contributed by atoms with E-state index in [1.54, 1.807) is 51.1 Å². The molecule has 1 aromatic carbocycles. The van der Waals surface area contributed by atoms with Crippen LogP contribution in [-0.2, 0) is 30.5 Å². The Balaban J connectivity index is 1.61. The van der Waals surface area contributed by atoms with Gasteiger partial charge in [0.1, 0.15) is 35.9 Å². The highest BCUT2D eigenvalue weighted by molar-refractivity contribution is 8.00. The number of alkyl carbamates (subject to hydrolysis) is 1. The van der Waals surface area contributed by atoms with Gasteiger partial charge in [-0.1, -0.05) is 30.3 Å². The Labute approximate surface area is 233 Å². The van der Waals surface area contributed by atoms with E-state index in [2.05, 4.69) is 5.32 Å². The lowest BCUT2D eigenvalue weighted by Gasteiger charge is -2.49. The summed E-state index contributed by atoms with van der Waals surface area (Å²) >= 11 is 1.25. The van der Waals surface area contributed by atoms with Crippen molar-refractivity contribution in [2.24, 2.45) is 0 Å². The van der Waals surface area contributed by atoms with Crippen molar-refractivity contribution in [3.8, 4) is 0 Å². The first-order chi connectivity index (χ1) is 18.7. The first-order valence-electron chi connectivity index (χ1n) is 12.7. The summed E-state index contributed by atoms with van der Waals surface area (Å²) in [5, 5.41) is 1.91. The Morgan fingerprint density at radius 1 is 1.15 bits per heavy atom. The molecule has 40 heavy (non-hydrogen) atoms. The van der Waals surface area contributed by atoms with Crippen molar-refractivity contribution in [1.29, 1.82) is 0 Å². The number of hydrogen-bond donors (Lipinski definition) is 1. The zero-order valence-electron chi connectivity index (χ0n) is 22.2. The lowest BCUT2D eigenvalue weighted by atomic mass is 9.98. The average molecular weight is 582 g/mol. The summed E-state index contributed by atoms with van der Waals surface area (Å²) < 4.78 is 49.7. The van der Waals surface area contributed by atoms with Crippen molar-refractivity contribution in [2.75, 3.05) is 18.8 Å². The Kier molecular flexibility index (Phi) is 8.52. The molecule has 0 spiro atoms. The highest BCUT2D eigenvalue weighted by Crippen LogP contribution is 2.42. The van der Waals surface area contributed by atoms with E-state index in [4.69, 9.17) is 9.47 Å². The molecular weight excluding hydrogens is 551 g/mol. The molecule has 4 rings (SSSR count). The van der Waals surface area contributed by atoms with Gasteiger partial charge in [0.05, 0.1) is 0 Å². The number of ether oxygens (including phenoxy) is 2. The molecule has 9 nitrogen and oxygen atoms in total. The molecule has 0 unspecified atom stereocenters. The Morgan fingerprint density at radius 2 is 1.85 bits per heavy atom. The molecule has 0 aromatic heterocycles. The van der Waals surface area contributed by atoms with Gasteiger partial charge in [-0.25, -0.2) is 9.59 Å². The number of carbonyl (C=O) groups excluding carboxylic acids is 4. The van der Waals surface area contributed by atoms with E-state index in [0.29, 0.717) is 17.6 Å². The van der Waals surface area contributed by atoms with Crippen LogP contribution in [0.5, 0.6) is 0 Å². The number of allylic oxidation sites excluding steroid dienone is 1. The van der Waals surface area contributed by atoms with E-state index in [1.165, 1.54) is 22.7 Å². The van der Waals surface area contributed by atoms with Crippen LogP contribution in [0.4, 0.5) is 18.0 Å². The maximum absolute atomic E-state index is 13.3. The highest BCUT2D eigenvalue weighted by Gasteiger charge is 2.54. The van der Waals surface area contributed by atoms with Crippen molar-refractivity contribution < 1.29 is 41.8 Å². The van der Waals surface area contributed by atoms with Gasteiger partial charge in [-0.3, -0.25) is 14.5 Å². The summed E-state index contributed by atoms with van der Waals surface area (Å²) in [5.41, 5.74) is 0.242. The molecule has 0 aliphatic carbocycles. The molecular formula is C27H30F3N3O6S. The van der Waals surface area contributed by atoms with Crippen LogP contribution >= 0.6 is 11.8 Å². The number of thioether (sulfide) groups is 1. The number of esters is 1. The topological polar surface area (TPSA) is 105 Å². The van der Waals surface area contributed by atoms with E-state index >= 15 is 0 Å². The molecule has 0 saturated carbocycles. The van der Waals surface area contributed by atoms with Gasteiger partial charge >= 0.3 is 18.2 Å². The largest absolute Gasteiger partial charge is 0.456 e. The van der Waals surface area contributed by atoms with E-state index in [1.807, 2.05) is 0 Å². The van der Waals surface area contributed by atoms with Crippen LogP contribution in [0.15, 0.2) is 53.3 Å². The summed E-state index contributed by atoms with van der Waals surface area (Å²) in [6.07, 6.45) is -3.37.